The molecule has 2 rings (SSSR count). The van der Waals surface area contributed by atoms with Gasteiger partial charge in [0, 0.05) is 26.2 Å². The van der Waals surface area contributed by atoms with Crippen LogP contribution in [0.25, 0.3) is 0 Å². The molecule has 0 spiro atoms. The molecule has 108 valence electrons. The number of nitrogens with two attached hydrogens (primary N) is 1. The van der Waals surface area contributed by atoms with Crippen LogP contribution in [0.2, 0.25) is 0 Å². The average molecular weight is 298 g/mol. The highest BCUT2D eigenvalue weighted by Crippen LogP contribution is 2.22. The molecule has 0 radical (unpaired) electrons. The topological polar surface area (TPSA) is 66.6 Å². The summed E-state index contributed by atoms with van der Waals surface area (Å²) < 4.78 is 28.0. The van der Waals surface area contributed by atoms with Gasteiger partial charge in [-0.25, -0.2) is 0 Å². The zero-order valence-corrected chi connectivity index (χ0v) is 12.4. The summed E-state index contributed by atoms with van der Waals surface area (Å²) in [6.45, 7) is 3.34. The molecule has 18 heavy (non-hydrogen) atoms. The number of hydrogen-bond acceptors (Lipinski definition) is 3. The van der Waals surface area contributed by atoms with E-state index in [1.165, 1.54) is 0 Å². The molecule has 0 saturated carbocycles. The fourth-order valence-electron chi connectivity index (χ4n) is 2.63. The Morgan fingerprint density at radius 2 is 1.44 bits per heavy atom. The maximum atomic E-state index is 12.4. The Labute approximate surface area is 116 Å². The number of piperidine rings is 2. The van der Waals surface area contributed by atoms with Crippen molar-refractivity contribution in [3.63, 3.8) is 0 Å². The van der Waals surface area contributed by atoms with Crippen molar-refractivity contribution in [2.24, 2.45) is 11.7 Å². The first kappa shape index (κ1) is 16.2. The van der Waals surface area contributed by atoms with Gasteiger partial charge in [-0.2, -0.15) is 17.0 Å². The van der Waals surface area contributed by atoms with Crippen LogP contribution in [0.15, 0.2) is 0 Å². The van der Waals surface area contributed by atoms with E-state index in [1.807, 2.05) is 0 Å². The third-order valence-electron chi connectivity index (χ3n) is 3.87. The summed E-state index contributed by atoms with van der Waals surface area (Å²) in [4.78, 5) is 0. The molecule has 2 fully saturated rings. The van der Waals surface area contributed by atoms with Gasteiger partial charge < -0.3 is 5.73 Å². The lowest BCUT2D eigenvalue weighted by Gasteiger charge is -2.35. The molecule has 0 unspecified atom stereocenters. The van der Waals surface area contributed by atoms with Gasteiger partial charge in [0.15, 0.2) is 0 Å². The average Bonchev–Trinajstić information content (AvgIpc) is 2.40. The van der Waals surface area contributed by atoms with E-state index < -0.39 is 10.2 Å². The Morgan fingerprint density at radius 3 is 1.94 bits per heavy atom. The van der Waals surface area contributed by atoms with Gasteiger partial charge in [-0.1, -0.05) is 6.42 Å². The summed E-state index contributed by atoms with van der Waals surface area (Å²) in [7, 11) is -3.19. The van der Waals surface area contributed by atoms with Gasteiger partial charge in [-0.3, -0.25) is 0 Å². The summed E-state index contributed by atoms with van der Waals surface area (Å²) in [5, 5.41) is 0. The van der Waals surface area contributed by atoms with Crippen LogP contribution in [0.5, 0.6) is 0 Å². The fraction of sp³-hybridized carbons (Fsp3) is 1.00. The van der Waals surface area contributed by atoms with Crippen LogP contribution in [0, 0.1) is 5.92 Å². The second-order valence-electron chi connectivity index (χ2n) is 5.05. The maximum Gasteiger partial charge on any atom is 0.281 e. The SMILES string of the molecule is Cl.NCC1CCN(S(=O)(=O)N2CCCCC2)CC1. The van der Waals surface area contributed by atoms with Crippen LogP contribution in [-0.2, 0) is 10.2 Å². The molecule has 0 aromatic rings. The molecule has 2 aliphatic rings. The van der Waals surface area contributed by atoms with Crippen molar-refractivity contribution in [1.82, 2.24) is 8.61 Å². The number of nitrogens with zero attached hydrogens (tertiary/aromatic N) is 2. The van der Waals surface area contributed by atoms with Gasteiger partial charge in [0.25, 0.3) is 10.2 Å². The molecule has 2 heterocycles. The minimum Gasteiger partial charge on any atom is -0.330 e. The van der Waals surface area contributed by atoms with E-state index in [-0.39, 0.29) is 12.4 Å². The van der Waals surface area contributed by atoms with Crippen molar-refractivity contribution in [3.05, 3.63) is 0 Å². The van der Waals surface area contributed by atoms with Gasteiger partial charge in [0.05, 0.1) is 0 Å². The Morgan fingerprint density at radius 1 is 0.944 bits per heavy atom. The van der Waals surface area contributed by atoms with Crippen molar-refractivity contribution in [2.75, 3.05) is 32.7 Å². The van der Waals surface area contributed by atoms with E-state index in [0.29, 0.717) is 38.6 Å². The molecule has 0 aromatic carbocycles. The molecule has 7 heteroatoms. The normalized spacial score (nSPS) is 24.7. The second kappa shape index (κ2) is 7.05. The van der Waals surface area contributed by atoms with Gasteiger partial charge in [0.2, 0.25) is 0 Å². The first-order valence-electron chi connectivity index (χ1n) is 6.60. The number of hydrogen-bond donors (Lipinski definition) is 1. The molecular formula is C11H24ClN3O2S. The minimum absolute atomic E-state index is 0. The van der Waals surface area contributed by atoms with Crippen molar-refractivity contribution < 1.29 is 8.42 Å². The summed E-state index contributed by atoms with van der Waals surface area (Å²) in [5.41, 5.74) is 5.62. The van der Waals surface area contributed by atoms with Crippen LogP contribution in [0.3, 0.4) is 0 Å². The molecule has 0 bridgehead atoms. The van der Waals surface area contributed by atoms with Crippen molar-refractivity contribution in [3.8, 4) is 0 Å². The standard InChI is InChI=1S/C11H23N3O2S.ClH/c12-10-11-4-8-14(9-5-11)17(15,16)13-6-2-1-3-7-13;/h11H,1-10,12H2;1H. The predicted octanol–water partition coefficient (Wildman–Crippen LogP) is 0.810. The van der Waals surface area contributed by atoms with Gasteiger partial charge in [-0.15, -0.1) is 12.4 Å². The van der Waals surface area contributed by atoms with E-state index >= 15 is 0 Å². The summed E-state index contributed by atoms with van der Waals surface area (Å²) in [5.74, 6) is 0.503. The number of rotatable bonds is 3. The first-order chi connectivity index (χ1) is 8.14. The summed E-state index contributed by atoms with van der Waals surface area (Å²) >= 11 is 0. The van der Waals surface area contributed by atoms with Crippen molar-refractivity contribution >= 4 is 22.6 Å². The molecule has 5 nitrogen and oxygen atoms in total. The molecule has 2 saturated heterocycles. The second-order valence-corrected chi connectivity index (χ2v) is 6.97. The Balaban J connectivity index is 0.00000162. The Kier molecular flexibility index (Phi) is 6.34. The van der Waals surface area contributed by atoms with Gasteiger partial charge >= 0.3 is 0 Å². The Hall–Kier alpha value is 0.120. The van der Waals surface area contributed by atoms with Crippen LogP contribution in [-0.4, -0.2) is 49.8 Å². The lowest BCUT2D eigenvalue weighted by atomic mass is 9.99. The highest BCUT2D eigenvalue weighted by molar-refractivity contribution is 7.86. The van der Waals surface area contributed by atoms with Gasteiger partial charge in [-0.05, 0) is 38.1 Å². The molecule has 0 atom stereocenters. The zero-order valence-electron chi connectivity index (χ0n) is 10.8. The Bertz CT molecular complexity index is 336. The van der Waals surface area contributed by atoms with Crippen LogP contribution in [0.1, 0.15) is 32.1 Å². The monoisotopic (exact) mass is 297 g/mol. The third kappa shape index (κ3) is 3.57. The first-order valence-corrected chi connectivity index (χ1v) is 7.99. The highest BCUT2D eigenvalue weighted by atomic mass is 35.5. The zero-order chi connectivity index (χ0) is 12.3. The maximum absolute atomic E-state index is 12.4. The van der Waals surface area contributed by atoms with Crippen molar-refractivity contribution in [1.29, 1.82) is 0 Å². The van der Waals surface area contributed by atoms with Gasteiger partial charge in [0.1, 0.15) is 0 Å². The molecule has 0 aromatic heterocycles. The van der Waals surface area contributed by atoms with E-state index in [1.54, 1.807) is 8.61 Å². The van der Waals surface area contributed by atoms with Crippen LogP contribution < -0.4 is 5.73 Å². The highest BCUT2D eigenvalue weighted by Gasteiger charge is 2.32. The third-order valence-corrected chi connectivity index (χ3v) is 5.91. The predicted molar refractivity (Wildman–Crippen MR) is 74.9 cm³/mol. The number of halogens is 1. The lowest BCUT2D eigenvalue weighted by molar-refractivity contribution is 0.248. The quantitative estimate of drug-likeness (QED) is 0.838. The largest absolute Gasteiger partial charge is 0.330 e. The van der Waals surface area contributed by atoms with E-state index in [0.717, 1.165) is 32.1 Å². The fourth-order valence-corrected chi connectivity index (χ4v) is 4.35. The summed E-state index contributed by atoms with van der Waals surface area (Å²) in [6, 6.07) is 0. The molecule has 0 aliphatic carbocycles. The molecular weight excluding hydrogens is 274 g/mol. The van der Waals surface area contributed by atoms with Crippen LogP contribution in [0.4, 0.5) is 0 Å². The van der Waals surface area contributed by atoms with E-state index in [9.17, 15) is 8.42 Å². The minimum atomic E-state index is -3.19. The smallest absolute Gasteiger partial charge is 0.281 e. The molecule has 2 aliphatic heterocycles. The van der Waals surface area contributed by atoms with E-state index in [4.69, 9.17) is 5.73 Å². The lowest BCUT2D eigenvalue weighted by Crippen LogP contribution is -2.49. The van der Waals surface area contributed by atoms with Crippen LogP contribution >= 0.6 is 12.4 Å². The molecule has 0 amide bonds. The van der Waals surface area contributed by atoms with Crippen molar-refractivity contribution in [2.45, 2.75) is 32.1 Å². The van der Waals surface area contributed by atoms with E-state index in [2.05, 4.69) is 0 Å². The summed E-state index contributed by atoms with van der Waals surface area (Å²) in [6.07, 6.45) is 4.96. The molecule has 2 N–H and O–H groups in total.